The van der Waals surface area contributed by atoms with E-state index in [1.807, 2.05) is 0 Å². The summed E-state index contributed by atoms with van der Waals surface area (Å²) >= 11 is 0. The first-order valence-electron chi connectivity index (χ1n) is 5.32. The molecule has 2 rings (SSSR count). The highest BCUT2D eigenvalue weighted by molar-refractivity contribution is 5.99. The van der Waals surface area contributed by atoms with Crippen LogP contribution in [-0.2, 0) is 0 Å². The minimum Gasteiger partial charge on any atom is -0.508 e. The Morgan fingerprint density at radius 2 is 2.33 bits per heavy atom. The van der Waals surface area contributed by atoms with Crippen LogP contribution < -0.4 is 11.1 Å². The number of benzene rings is 1. The van der Waals surface area contributed by atoms with Crippen molar-refractivity contribution in [3.63, 3.8) is 0 Å². The van der Waals surface area contributed by atoms with Crippen molar-refractivity contribution in [2.24, 2.45) is 0 Å². The van der Waals surface area contributed by atoms with E-state index in [4.69, 9.17) is 5.73 Å². The number of aromatic hydroxyl groups is 1. The molecular formula is C11H13N5O2. The molecule has 94 valence electrons. The molecule has 18 heavy (non-hydrogen) atoms. The second-order valence-electron chi connectivity index (χ2n) is 3.84. The SMILES string of the molecule is CC(NC(=O)c1cc(O)ccc1N)c1ncn[nH]1. The molecule has 1 aromatic heterocycles. The zero-order valence-corrected chi connectivity index (χ0v) is 9.71. The summed E-state index contributed by atoms with van der Waals surface area (Å²) < 4.78 is 0. The van der Waals surface area contributed by atoms with E-state index in [-0.39, 0.29) is 23.3 Å². The standard InChI is InChI=1S/C11H13N5O2/c1-6(10-13-5-14-16-10)15-11(18)8-4-7(17)2-3-9(8)12/h2-6,17H,12H2,1H3,(H,15,18)(H,13,14,16). The maximum atomic E-state index is 12.0. The van der Waals surface area contributed by atoms with Gasteiger partial charge in [0.05, 0.1) is 11.6 Å². The first-order valence-corrected chi connectivity index (χ1v) is 5.32. The minimum atomic E-state index is -0.382. The van der Waals surface area contributed by atoms with E-state index >= 15 is 0 Å². The Morgan fingerprint density at radius 3 is 3.00 bits per heavy atom. The summed E-state index contributed by atoms with van der Waals surface area (Å²) in [5.74, 6) is 0.149. The van der Waals surface area contributed by atoms with Crippen LogP contribution in [0, 0.1) is 0 Å². The van der Waals surface area contributed by atoms with Crippen LogP contribution in [0.25, 0.3) is 0 Å². The average Bonchev–Trinajstić information content (AvgIpc) is 2.85. The number of aromatic nitrogens is 3. The van der Waals surface area contributed by atoms with Crippen molar-refractivity contribution in [2.45, 2.75) is 13.0 Å². The van der Waals surface area contributed by atoms with Crippen molar-refractivity contribution >= 4 is 11.6 Å². The summed E-state index contributed by atoms with van der Waals surface area (Å²) in [6.07, 6.45) is 1.36. The Hall–Kier alpha value is -2.57. The third-order valence-electron chi connectivity index (χ3n) is 2.47. The first kappa shape index (κ1) is 11.9. The molecule has 1 unspecified atom stereocenters. The number of nitrogens with one attached hydrogen (secondary N) is 2. The molecule has 5 N–H and O–H groups in total. The van der Waals surface area contributed by atoms with E-state index in [0.29, 0.717) is 11.5 Å². The molecule has 7 heteroatoms. The van der Waals surface area contributed by atoms with E-state index in [1.54, 1.807) is 6.92 Å². The Balaban J connectivity index is 2.15. The number of carbonyl (C=O) groups is 1. The monoisotopic (exact) mass is 247 g/mol. The first-order chi connectivity index (χ1) is 8.58. The molecule has 0 spiro atoms. The maximum absolute atomic E-state index is 12.0. The van der Waals surface area contributed by atoms with Crippen molar-refractivity contribution < 1.29 is 9.90 Å². The van der Waals surface area contributed by atoms with Crippen molar-refractivity contribution in [1.82, 2.24) is 20.5 Å². The summed E-state index contributed by atoms with van der Waals surface area (Å²) in [4.78, 5) is 15.9. The lowest BCUT2D eigenvalue weighted by Crippen LogP contribution is -2.28. The summed E-state index contributed by atoms with van der Waals surface area (Å²) in [7, 11) is 0. The Morgan fingerprint density at radius 1 is 1.56 bits per heavy atom. The number of phenols is 1. The molecule has 0 aliphatic heterocycles. The van der Waals surface area contributed by atoms with E-state index in [0.717, 1.165) is 0 Å². The lowest BCUT2D eigenvalue weighted by Gasteiger charge is -2.12. The van der Waals surface area contributed by atoms with Crippen LogP contribution in [0.1, 0.15) is 29.1 Å². The van der Waals surface area contributed by atoms with Gasteiger partial charge in [0.2, 0.25) is 0 Å². The molecule has 2 aromatic rings. The number of hydrogen-bond donors (Lipinski definition) is 4. The number of amides is 1. The summed E-state index contributed by atoms with van der Waals surface area (Å²) in [6.45, 7) is 1.76. The number of nitrogens with two attached hydrogens (primary N) is 1. The third-order valence-corrected chi connectivity index (χ3v) is 2.47. The molecular weight excluding hydrogens is 234 g/mol. The van der Waals surface area contributed by atoms with Crippen LogP contribution in [0.3, 0.4) is 0 Å². The number of H-pyrrole nitrogens is 1. The van der Waals surface area contributed by atoms with Gasteiger partial charge in [0.25, 0.3) is 5.91 Å². The molecule has 0 saturated carbocycles. The fourth-order valence-corrected chi connectivity index (χ4v) is 1.51. The predicted molar refractivity (Wildman–Crippen MR) is 64.8 cm³/mol. The number of aromatic amines is 1. The molecule has 1 amide bonds. The molecule has 1 heterocycles. The Bertz CT molecular complexity index is 553. The normalized spacial score (nSPS) is 12.1. The molecule has 7 nitrogen and oxygen atoms in total. The zero-order valence-electron chi connectivity index (χ0n) is 9.71. The molecule has 0 fully saturated rings. The molecule has 0 aliphatic rings. The van der Waals surface area contributed by atoms with Crippen LogP contribution in [0.2, 0.25) is 0 Å². The maximum Gasteiger partial charge on any atom is 0.254 e. The number of rotatable bonds is 3. The van der Waals surface area contributed by atoms with Gasteiger partial charge in [0.15, 0.2) is 0 Å². The summed E-state index contributed by atoms with van der Waals surface area (Å²) in [6, 6.07) is 3.88. The highest BCUT2D eigenvalue weighted by Crippen LogP contribution is 2.19. The highest BCUT2D eigenvalue weighted by Gasteiger charge is 2.15. The van der Waals surface area contributed by atoms with Gasteiger partial charge in [-0.1, -0.05) is 0 Å². The lowest BCUT2D eigenvalue weighted by molar-refractivity contribution is 0.0939. The molecule has 1 aromatic carbocycles. The van der Waals surface area contributed by atoms with Crippen molar-refractivity contribution in [3.05, 3.63) is 35.9 Å². The largest absolute Gasteiger partial charge is 0.508 e. The summed E-state index contributed by atoms with van der Waals surface area (Å²) in [5.41, 5.74) is 6.20. The molecule has 0 aliphatic carbocycles. The lowest BCUT2D eigenvalue weighted by atomic mass is 10.1. The van der Waals surface area contributed by atoms with Crippen LogP contribution >= 0.6 is 0 Å². The van der Waals surface area contributed by atoms with E-state index in [2.05, 4.69) is 20.5 Å². The quantitative estimate of drug-likeness (QED) is 0.467. The number of anilines is 1. The van der Waals surface area contributed by atoms with Crippen LogP contribution in [-0.4, -0.2) is 26.2 Å². The van der Waals surface area contributed by atoms with E-state index in [9.17, 15) is 9.90 Å². The number of phenolic OH excluding ortho intramolecular Hbond substituents is 1. The third kappa shape index (κ3) is 2.40. The van der Waals surface area contributed by atoms with Crippen LogP contribution in [0.15, 0.2) is 24.5 Å². The van der Waals surface area contributed by atoms with Crippen molar-refractivity contribution in [1.29, 1.82) is 0 Å². The topological polar surface area (TPSA) is 117 Å². The van der Waals surface area contributed by atoms with Gasteiger partial charge in [-0.25, -0.2) is 4.98 Å². The second kappa shape index (κ2) is 4.74. The molecule has 0 saturated heterocycles. The molecule has 1 atom stereocenters. The van der Waals surface area contributed by atoms with E-state index in [1.165, 1.54) is 24.5 Å². The number of hydrogen-bond acceptors (Lipinski definition) is 5. The average molecular weight is 247 g/mol. The fraction of sp³-hybridized carbons (Fsp3) is 0.182. The Kier molecular flexibility index (Phi) is 3.13. The van der Waals surface area contributed by atoms with Crippen molar-refractivity contribution in [3.8, 4) is 5.75 Å². The van der Waals surface area contributed by atoms with Gasteiger partial charge < -0.3 is 16.2 Å². The van der Waals surface area contributed by atoms with Gasteiger partial charge in [-0.05, 0) is 25.1 Å². The van der Waals surface area contributed by atoms with Crippen LogP contribution in [0.5, 0.6) is 5.75 Å². The predicted octanol–water partition coefficient (Wildman–Crippen LogP) is 0.583. The highest BCUT2D eigenvalue weighted by atomic mass is 16.3. The summed E-state index contributed by atoms with van der Waals surface area (Å²) in [5, 5.41) is 18.4. The van der Waals surface area contributed by atoms with Gasteiger partial charge in [-0.3, -0.25) is 9.89 Å². The van der Waals surface area contributed by atoms with Crippen molar-refractivity contribution in [2.75, 3.05) is 5.73 Å². The number of nitrogens with zero attached hydrogens (tertiary/aromatic N) is 2. The molecule has 0 radical (unpaired) electrons. The van der Waals surface area contributed by atoms with Gasteiger partial charge in [0, 0.05) is 5.69 Å². The van der Waals surface area contributed by atoms with E-state index < -0.39 is 0 Å². The second-order valence-corrected chi connectivity index (χ2v) is 3.84. The minimum absolute atomic E-state index is 0.0123. The number of nitrogen functional groups attached to an aromatic ring is 1. The molecule has 0 bridgehead atoms. The Labute approximate surface area is 103 Å². The van der Waals surface area contributed by atoms with Gasteiger partial charge in [-0.2, -0.15) is 5.10 Å². The van der Waals surface area contributed by atoms with Gasteiger partial charge in [-0.15, -0.1) is 0 Å². The fourth-order valence-electron chi connectivity index (χ4n) is 1.51. The van der Waals surface area contributed by atoms with Crippen LogP contribution in [0.4, 0.5) is 5.69 Å². The van der Waals surface area contributed by atoms with Gasteiger partial charge in [0.1, 0.15) is 17.9 Å². The zero-order chi connectivity index (χ0) is 13.1. The number of carbonyl (C=O) groups excluding carboxylic acids is 1. The smallest absolute Gasteiger partial charge is 0.254 e. The van der Waals surface area contributed by atoms with Gasteiger partial charge >= 0.3 is 0 Å².